The third-order valence-corrected chi connectivity index (χ3v) is 5.52. The van der Waals surface area contributed by atoms with E-state index in [1.54, 1.807) is 0 Å². The van der Waals surface area contributed by atoms with Gasteiger partial charge in [0.2, 0.25) is 0 Å². The largest absolute Gasteiger partial charge is 0.113 e. The molecular weight excluding hydrogens is 379 g/mol. The second kappa shape index (κ2) is 6.48. The van der Waals surface area contributed by atoms with Crippen LogP contribution < -0.4 is 0 Å². The van der Waals surface area contributed by atoms with Crippen LogP contribution in [0.25, 0.3) is 0 Å². The maximum Gasteiger partial charge on any atom is 0.0845 e. The SMILES string of the molecule is CCC(C)(C)c1ccc(C(Cl)c2ccccc2I)cc1. The van der Waals surface area contributed by atoms with Crippen LogP contribution >= 0.6 is 34.2 Å². The molecule has 0 amide bonds. The smallest absolute Gasteiger partial charge is 0.0845 e. The molecule has 0 aliphatic carbocycles. The Hall–Kier alpha value is -0.540. The highest BCUT2D eigenvalue weighted by Gasteiger charge is 2.19. The zero-order valence-corrected chi connectivity index (χ0v) is 15.1. The van der Waals surface area contributed by atoms with Crippen LogP contribution in [0.5, 0.6) is 0 Å². The molecule has 2 rings (SSSR count). The number of benzene rings is 2. The van der Waals surface area contributed by atoms with Crippen molar-refractivity contribution in [1.29, 1.82) is 0 Å². The van der Waals surface area contributed by atoms with E-state index in [9.17, 15) is 0 Å². The van der Waals surface area contributed by atoms with Crippen molar-refractivity contribution in [3.8, 4) is 0 Å². The molecule has 20 heavy (non-hydrogen) atoms. The van der Waals surface area contributed by atoms with E-state index < -0.39 is 0 Å². The average molecular weight is 399 g/mol. The minimum Gasteiger partial charge on any atom is -0.113 e. The molecule has 0 N–H and O–H groups in total. The van der Waals surface area contributed by atoms with Crippen LogP contribution in [0.2, 0.25) is 0 Å². The Morgan fingerprint density at radius 1 is 1.05 bits per heavy atom. The molecule has 2 heteroatoms. The van der Waals surface area contributed by atoms with E-state index in [2.05, 4.69) is 79.8 Å². The lowest BCUT2D eigenvalue weighted by Gasteiger charge is -2.24. The van der Waals surface area contributed by atoms with Crippen LogP contribution in [0.4, 0.5) is 0 Å². The summed E-state index contributed by atoms with van der Waals surface area (Å²) in [5.74, 6) is 0. The molecule has 0 spiro atoms. The number of alkyl halides is 1. The monoisotopic (exact) mass is 398 g/mol. The second-order valence-electron chi connectivity index (χ2n) is 5.74. The fourth-order valence-corrected chi connectivity index (χ4v) is 3.39. The maximum absolute atomic E-state index is 6.63. The van der Waals surface area contributed by atoms with E-state index in [1.165, 1.54) is 14.7 Å². The predicted molar refractivity (Wildman–Crippen MR) is 96.6 cm³/mol. The summed E-state index contributed by atoms with van der Waals surface area (Å²) in [5.41, 5.74) is 3.93. The summed E-state index contributed by atoms with van der Waals surface area (Å²) in [5, 5.41) is -0.0816. The Kier molecular flexibility index (Phi) is 5.14. The van der Waals surface area contributed by atoms with E-state index in [4.69, 9.17) is 11.6 Å². The number of hydrogen-bond donors (Lipinski definition) is 0. The molecule has 0 saturated heterocycles. The molecule has 0 saturated carbocycles. The van der Waals surface area contributed by atoms with Gasteiger partial charge in [-0.05, 0) is 57.2 Å². The van der Waals surface area contributed by atoms with Crippen molar-refractivity contribution in [2.24, 2.45) is 0 Å². The third-order valence-electron chi connectivity index (χ3n) is 4.05. The van der Waals surface area contributed by atoms with Gasteiger partial charge in [0.15, 0.2) is 0 Å². The molecule has 0 bridgehead atoms. The van der Waals surface area contributed by atoms with Crippen molar-refractivity contribution >= 4 is 34.2 Å². The summed E-state index contributed by atoms with van der Waals surface area (Å²) in [6.45, 7) is 6.78. The quantitative estimate of drug-likeness (QED) is 0.418. The molecule has 0 fully saturated rings. The van der Waals surface area contributed by atoms with Gasteiger partial charge in [-0.3, -0.25) is 0 Å². The Morgan fingerprint density at radius 3 is 2.20 bits per heavy atom. The summed E-state index contributed by atoms with van der Waals surface area (Å²) < 4.78 is 1.21. The van der Waals surface area contributed by atoms with Crippen LogP contribution in [0.1, 0.15) is 49.3 Å². The van der Waals surface area contributed by atoms with Crippen LogP contribution in [0.15, 0.2) is 48.5 Å². The van der Waals surface area contributed by atoms with E-state index in [0.29, 0.717) is 0 Å². The van der Waals surface area contributed by atoms with Gasteiger partial charge >= 0.3 is 0 Å². The summed E-state index contributed by atoms with van der Waals surface area (Å²) in [6, 6.07) is 17.0. The molecule has 1 unspecified atom stereocenters. The first-order chi connectivity index (χ1) is 9.45. The van der Waals surface area contributed by atoms with Crippen LogP contribution in [0, 0.1) is 3.57 Å². The molecule has 2 aromatic rings. The van der Waals surface area contributed by atoms with Gasteiger partial charge in [-0.25, -0.2) is 0 Å². The first kappa shape index (κ1) is 15.8. The lowest BCUT2D eigenvalue weighted by molar-refractivity contribution is 0.506. The highest BCUT2D eigenvalue weighted by Crippen LogP contribution is 2.33. The van der Waals surface area contributed by atoms with Crippen molar-refractivity contribution in [2.45, 2.75) is 38.0 Å². The molecule has 0 radical (unpaired) electrons. The van der Waals surface area contributed by atoms with Crippen LogP contribution in [0.3, 0.4) is 0 Å². The average Bonchev–Trinajstić information content (AvgIpc) is 2.47. The summed E-state index contributed by atoms with van der Waals surface area (Å²) in [4.78, 5) is 0. The molecule has 0 aromatic heterocycles. The van der Waals surface area contributed by atoms with E-state index >= 15 is 0 Å². The topological polar surface area (TPSA) is 0 Å². The van der Waals surface area contributed by atoms with E-state index in [-0.39, 0.29) is 10.8 Å². The Morgan fingerprint density at radius 2 is 1.65 bits per heavy atom. The number of hydrogen-bond acceptors (Lipinski definition) is 0. The minimum absolute atomic E-state index is 0.0816. The number of halogens is 2. The van der Waals surface area contributed by atoms with E-state index in [1.807, 2.05) is 12.1 Å². The minimum atomic E-state index is -0.0816. The molecule has 0 aliphatic heterocycles. The molecule has 0 aliphatic rings. The van der Waals surface area contributed by atoms with Crippen LogP contribution in [-0.2, 0) is 5.41 Å². The lowest BCUT2D eigenvalue weighted by atomic mass is 9.82. The third kappa shape index (κ3) is 3.37. The van der Waals surface area contributed by atoms with Gasteiger partial charge < -0.3 is 0 Å². The van der Waals surface area contributed by atoms with Crippen molar-refractivity contribution in [3.63, 3.8) is 0 Å². The zero-order chi connectivity index (χ0) is 14.8. The molecule has 2 aromatic carbocycles. The van der Waals surface area contributed by atoms with Gasteiger partial charge in [0.05, 0.1) is 5.38 Å². The second-order valence-corrected chi connectivity index (χ2v) is 7.34. The Bertz CT molecular complexity index is 572. The maximum atomic E-state index is 6.63. The summed E-state index contributed by atoms with van der Waals surface area (Å²) in [6.07, 6.45) is 1.13. The standard InChI is InChI=1S/C18H20ClI/c1-4-18(2,3)14-11-9-13(10-12-14)17(19)15-7-5-6-8-16(15)20/h5-12,17H,4H2,1-3H3. The Balaban J connectivity index is 2.29. The van der Waals surface area contributed by atoms with Gasteiger partial charge in [0, 0.05) is 3.57 Å². The highest BCUT2D eigenvalue weighted by molar-refractivity contribution is 14.1. The molecule has 1 atom stereocenters. The summed E-state index contributed by atoms with van der Waals surface area (Å²) in [7, 11) is 0. The molecule has 0 heterocycles. The highest BCUT2D eigenvalue weighted by atomic mass is 127. The van der Waals surface area contributed by atoms with Gasteiger partial charge in [-0.1, -0.05) is 63.2 Å². The lowest BCUT2D eigenvalue weighted by Crippen LogP contribution is -2.15. The number of rotatable bonds is 4. The first-order valence-corrected chi connectivity index (χ1v) is 8.46. The fraction of sp³-hybridized carbons (Fsp3) is 0.333. The van der Waals surface area contributed by atoms with Crippen LogP contribution in [-0.4, -0.2) is 0 Å². The predicted octanol–water partition coefficient (Wildman–Crippen LogP) is 6.31. The van der Waals surface area contributed by atoms with Crippen molar-refractivity contribution in [2.75, 3.05) is 0 Å². The van der Waals surface area contributed by atoms with Gasteiger partial charge in [-0.2, -0.15) is 0 Å². The van der Waals surface area contributed by atoms with Crippen molar-refractivity contribution in [1.82, 2.24) is 0 Å². The molecular formula is C18H20ClI. The van der Waals surface area contributed by atoms with Crippen molar-refractivity contribution < 1.29 is 0 Å². The van der Waals surface area contributed by atoms with Gasteiger partial charge in [0.1, 0.15) is 0 Å². The van der Waals surface area contributed by atoms with Gasteiger partial charge in [0.25, 0.3) is 0 Å². The van der Waals surface area contributed by atoms with Crippen molar-refractivity contribution in [3.05, 3.63) is 68.8 Å². The van der Waals surface area contributed by atoms with Gasteiger partial charge in [-0.15, -0.1) is 11.6 Å². The fourth-order valence-electron chi connectivity index (χ4n) is 2.17. The normalized spacial score (nSPS) is 13.2. The van der Waals surface area contributed by atoms with E-state index in [0.717, 1.165) is 12.0 Å². The zero-order valence-electron chi connectivity index (χ0n) is 12.2. The molecule has 0 nitrogen and oxygen atoms in total. The summed E-state index contributed by atoms with van der Waals surface area (Å²) >= 11 is 8.98. The molecule has 106 valence electrons. The first-order valence-electron chi connectivity index (χ1n) is 6.94. The Labute approximate surface area is 140 Å².